The van der Waals surface area contributed by atoms with Gasteiger partial charge in [0, 0.05) is 0 Å². The highest BCUT2D eigenvalue weighted by atomic mass is 32.2. The largest absolute Gasteiger partial charge is 0.375 e. The van der Waals surface area contributed by atoms with E-state index in [1.807, 2.05) is 37.3 Å². The summed E-state index contributed by atoms with van der Waals surface area (Å²) in [6, 6.07) is 29.3. The van der Waals surface area contributed by atoms with Crippen LogP contribution in [-0.2, 0) is 14.6 Å². The Balaban J connectivity index is 1.47. The van der Waals surface area contributed by atoms with Gasteiger partial charge in [-0.15, -0.1) is 0 Å². The summed E-state index contributed by atoms with van der Waals surface area (Å²) in [5, 5.41) is 8.67. The van der Waals surface area contributed by atoms with E-state index in [1.54, 1.807) is 67.6 Å². The summed E-state index contributed by atoms with van der Waals surface area (Å²) in [7, 11) is -3.80. The minimum atomic E-state index is -3.80. The molecule has 0 saturated heterocycles. The second-order valence-electron chi connectivity index (χ2n) is 8.87. The lowest BCUT2D eigenvalue weighted by Gasteiger charge is -2.17. The molecule has 0 aromatic heterocycles. The number of para-hydroxylation sites is 1. The normalized spacial score (nSPS) is 11.8. The summed E-state index contributed by atoms with van der Waals surface area (Å²) < 4.78 is 26.5. The molecule has 0 fully saturated rings. The van der Waals surface area contributed by atoms with Crippen LogP contribution in [0.2, 0.25) is 0 Å². The zero-order valence-electron chi connectivity index (χ0n) is 21.1. The molecule has 0 aliphatic heterocycles. The van der Waals surface area contributed by atoms with Crippen LogP contribution in [0.25, 0.3) is 0 Å². The third-order valence-electron chi connectivity index (χ3n) is 6.01. The quantitative estimate of drug-likeness (QED) is 0.272. The van der Waals surface area contributed by atoms with Crippen LogP contribution in [0, 0.1) is 6.92 Å². The van der Waals surface area contributed by atoms with Gasteiger partial charge in [0.2, 0.25) is 15.7 Å². The molecule has 4 aromatic rings. The van der Waals surface area contributed by atoms with Crippen molar-refractivity contribution < 1.29 is 18.0 Å². The molecule has 3 N–H and O–H groups in total. The minimum Gasteiger partial charge on any atom is -0.375 e. The number of nitrogens with one attached hydrogen (secondary N) is 3. The summed E-state index contributed by atoms with van der Waals surface area (Å²) >= 11 is 0. The highest BCUT2D eigenvalue weighted by Gasteiger charge is 2.22. The van der Waals surface area contributed by atoms with Crippen LogP contribution in [0.4, 0.5) is 11.4 Å². The predicted molar refractivity (Wildman–Crippen MR) is 149 cm³/mol. The Hall–Kier alpha value is -4.43. The van der Waals surface area contributed by atoms with E-state index in [4.69, 9.17) is 0 Å². The van der Waals surface area contributed by atoms with Crippen molar-refractivity contribution in [2.24, 2.45) is 0 Å². The van der Waals surface area contributed by atoms with E-state index >= 15 is 0 Å². The fraction of sp³-hybridized carbons (Fsp3) is 0.133. The van der Waals surface area contributed by atoms with E-state index in [-0.39, 0.29) is 28.3 Å². The molecule has 4 rings (SSSR count). The summed E-state index contributed by atoms with van der Waals surface area (Å²) in [6.45, 7) is 3.50. The Labute approximate surface area is 222 Å². The number of rotatable bonds is 9. The molecule has 2 amide bonds. The van der Waals surface area contributed by atoms with Crippen LogP contribution in [0.3, 0.4) is 0 Å². The number of carbonyl (C=O) groups is 2. The van der Waals surface area contributed by atoms with Crippen molar-refractivity contribution >= 4 is 33.0 Å². The lowest BCUT2D eigenvalue weighted by molar-refractivity contribution is -0.114. The SMILES string of the molecule is Cc1ccc(NCC(=O)Nc2ccccc2C(=O)NC(C)c2ccccc2)c(S(=O)(=O)c2ccccc2)c1. The smallest absolute Gasteiger partial charge is 0.253 e. The van der Waals surface area contributed by atoms with E-state index < -0.39 is 15.7 Å². The number of anilines is 2. The van der Waals surface area contributed by atoms with Gasteiger partial charge in [-0.25, -0.2) is 8.42 Å². The van der Waals surface area contributed by atoms with Gasteiger partial charge >= 0.3 is 0 Å². The van der Waals surface area contributed by atoms with E-state index in [1.165, 1.54) is 12.1 Å². The Morgan fingerprint density at radius 3 is 2.13 bits per heavy atom. The number of amides is 2. The highest BCUT2D eigenvalue weighted by molar-refractivity contribution is 7.91. The zero-order valence-corrected chi connectivity index (χ0v) is 22.0. The topological polar surface area (TPSA) is 104 Å². The molecule has 0 bridgehead atoms. The van der Waals surface area contributed by atoms with Gasteiger partial charge in [-0.3, -0.25) is 9.59 Å². The lowest BCUT2D eigenvalue weighted by Crippen LogP contribution is -2.29. The van der Waals surface area contributed by atoms with Crippen molar-refractivity contribution in [2.45, 2.75) is 29.7 Å². The van der Waals surface area contributed by atoms with Crippen LogP contribution < -0.4 is 16.0 Å². The predicted octanol–water partition coefficient (Wildman–Crippen LogP) is 5.37. The van der Waals surface area contributed by atoms with Gasteiger partial charge in [0.1, 0.15) is 0 Å². The molecule has 0 aliphatic carbocycles. The average molecular weight is 528 g/mol. The van der Waals surface area contributed by atoms with E-state index in [9.17, 15) is 18.0 Å². The van der Waals surface area contributed by atoms with Crippen molar-refractivity contribution in [3.8, 4) is 0 Å². The van der Waals surface area contributed by atoms with E-state index in [0.29, 0.717) is 16.9 Å². The maximum atomic E-state index is 13.3. The standard InChI is InChI=1S/C30H29N3O4S/c1-21-17-18-27(28(19-21)38(36,37)24-13-7-4-8-14-24)31-20-29(34)33-26-16-10-9-15-25(26)30(35)32-22(2)23-11-5-3-6-12-23/h3-19,22,31H,20H2,1-2H3,(H,32,35)(H,33,34). The molecule has 0 radical (unpaired) electrons. The second kappa shape index (κ2) is 11.7. The fourth-order valence-electron chi connectivity index (χ4n) is 3.98. The maximum absolute atomic E-state index is 13.3. The first-order chi connectivity index (χ1) is 18.3. The molecular weight excluding hydrogens is 498 g/mol. The maximum Gasteiger partial charge on any atom is 0.253 e. The van der Waals surface area contributed by atoms with Gasteiger partial charge in [0.15, 0.2) is 0 Å². The molecule has 0 saturated carbocycles. The fourth-order valence-corrected chi connectivity index (χ4v) is 5.52. The number of hydrogen-bond acceptors (Lipinski definition) is 5. The van der Waals surface area contributed by atoms with Gasteiger partial charge in [0.05, 0.1) is 39.3 Å². The molecule has 38 heavy (non-hydrogen) atoms. The molecule has 194 valence electrons. The average Bonchev–Trinajstić information content (AvgIpc) is 2.93. The molecule has 4 aromatic carbocycles. The number of aryl methyl sites for hydroxylation is 1. The Morgan fingerprint density at radius 1 is 0.789 bits per heavy atom. The molecule has 7 nitrogen and oxygen atoms in total. The van der Waals surface area contributed by atoms with Crippen molar-refractivity contribution in [3.05, 3.63) is 120 Å². The van der Waals surface area contributed by atoms with Crippen LogP contribution in [0.5, 0.6) is 0 Å². The Bertz CT molecular complexity index is 1540. The van der Waals surface area contributed by atoms with Crippen molar-refractivity contribution in [1.82, 2.24) is 5.32 Å². The van der Waals surface area contributed by atoms with Gasteiger partial charge in [-0.05, 0) is 61.4 Å². The minimum absolute atomic E-state index is 0.0891. The molecular formula is C30H29N3O4S. The molecule has 0 aliphatic rings. The van der Waals surface area contributed by atoms with Crippen LogP contribution in [-0.4, -0.2) is 26.8 Å². The molecule has 0 heterocycles. The monoisotopic (exact) mass is 527 g/mol. The van der Waals surface area contributed by atoms with Crippen LogP contribution >= 0.6 is 0 Å². The number of carbonyl (C=O) groups excluding carboxylic acids is 2. The van der Waals surface area contributed by atoms with E-state index in [0.717, 1.165) is 11.1 Å². The summed E-state index contributed by atoms with van der Waals surface area (Å²) in [4.78, 5) is 26.1. The third-order valence-corrected chi connectivity index (χ3v) is 7.82. The van der Waals surface area contributed by atoms with Gasteiger partial charge in [0.25, 0.3) is 5.91 Å². The first kappa shape index (κ1) is 26.6. The number of benzene rings is 4. The van der Waals surface area contributed by atoms with Gasteiger partial charge in [-0.1, -0.05) is 66.7 Å². The summed E-state index contributed by atoms with van der Waals surface area (Å²) in [6.07, 6.45) is 0. The second-order valence-corrected chi connectivity index (χ2v) is 10.8. The Kier molecular flexibility index (Phi) is 8.23. The Morgan fingerprint density at radius 2 is 1.42 bits per heavy atom. The first-order valence-electron chi connectivity index (χ1n) is 12.1. The van der Waals surface area contributed by atoms with Crippen molar-refractivity contribution in [1.29, 1.82) is 0 Å². The van der Waals surface area contributed by atoms with Gasteiger partial charge < -0.3 is 16.0 Å². The van der Waals surface area contributed by atoms with Crippen LogP contribution in [0.1, 0.15) is 34.5 Å². The summed E-state index contributed by atoms with van der Waals surface area (Å²) in [5.74, 6) is -0.745. The molecule has 1 atom stereocenters. The molecule has 8 heteroatoms. The number of hydrogen-bond donors (Lipinski definition) is 3. The first-order valence-corrected chi connectivity index (χ1v) is 13.6. The third kappa shape index (κ3) is 6.27. The zero-order chi connectivity index (χ0) is 27.1. The highest BCUT2D eigenvalue weighted by Crippen LogP contribution is 2.28. The van der Waals surface area contributed by atoms with E-state index in [2.05, 4.69) is 16.0 Å². The molecule has 0 spiro atoms. The number of sulfone groups is 1. The lowest BCUT2D eigenvalue weighted by atomic mass is 10.1. The summed E-state index contributed by atoms with van der Waals surface area (Å²) in [5.41, 5.74) is 2.74. The van der Waals surface area contributed by atoms with Gasteiger partial charge in [-0.2, -0.15) is 0 Å². The van der Waals surface area contributed by atoms with Crippen LogP contribution in [0.15, 0.2) is 113 Å². The van der Waals surface area contributed by atoms with Crippen molar-refractivity contribution in [3.63, 3.8) is 0 Å². The molecule has 1 unspecified atom stereocenters. The van der Waals surface area contributed by atoms with Crippen molar-refractivity contribution in [2.75, 3.05) is 17.2 Å².